The molecular weight excluding hydrogens is 300 g/mol. The van der Waals surface area contributed by atoms with Crippen molar-refractivity contribution in [3.05, 3.63) is 34.9 Å². The standard InChI is InChI=1S/C17H27ClN2O2/c1-3-14-12-19(8-9-20(14)10-11-22-2)13-17(21)15-6-4-5-7-16(15)18/h4-7,14,17,21H,3,8-13H2,1-2H3/t14-,17+/m0/s1. The quantitative estimate of drug-likeness (QED) is 0.835. The van der Waals surface area contributed by atoms with E-state index in [-0.39, 0.29) is 0 Å². The van der Waals surface area contributed by atoms with Gasteiger partial charge in [-0.3, -0.25) is 9.80 Å². The van der Waals surface area contributed by atoms with E-state index in [2.05, 4.69) is 16.7 Å². The second-order valence-corrected chi connectivity index (χ2v) is 6.29. The Morgan fingerprint density at radius 2 is 2.14 bits per heavy atom. The summed E-state index contributed by atoms with van der Waals surface area (Å²) in [5.74, 6) is 0. The lowest BCUT2D eigenvalue weighted by Gasteiger charge is -2.41. The Balaban J connectivity index is 1.90. The fraction of sp³-hybridized carbons (Fsp3) is 0.647. The van der Waals surface area contributed by atoms with Gasteiger partial charge in [-0.1, -0.05) is 36.7 Å². The monoisotopic (exact) mass is 326 g/mol. The topological polar surface area (TPSA) is 35.9 Å². The van der Waals surface area contributed by atoms with Crippen LogP contribution in [0.2, 0.25) is 5.02 Å². The molecule has 1 fully saturated rings. The van der Waals surface area contributed by atoms with Gasteiger partial charge in [0.2, 0.25) is 0 Å². The highest BCUT2D eigenvalue weighted by molar-refractivity contribution is 6.31. The molecule has 0 aromatic heterocycles. The summed E-state index contributed by atoms with van der Waals surface area (Å²) < 4.78 is 5.19. The minimum atomic E-state index is -0.531. The van der Waals surface area contributed by atoms with Crippen molar-refractivity contribution < 1.29 is 9.84 Å². The first-order valence-corrected chi connectivity index (χ1v) is 8.41. The van der Waals surface area contributed by atoms with Crippen LogP contribution in [0.25, 0.3) is 0 Å². The summed E-state index contributed by atoms with van der Waals surface area (Å²) in [7, 11) is 1.75. The lowest BCUT2D eigenvalue weighted by Crippen LogP contribution is -2.54. The van der Waals surface area contributed by atoms with Crippen LogP contribution in [0.3, 0.4) is 0 Å². The maximum absolute atomic E-state index is 10.5. The van der Waals surface area contributed by atoms with Gasteiger partial charge in [-0.05, 0) is 12.5 Å². The van der Waals surface area contributed by atoms with Crippen molar-refractivity contribution in [1.82, 2.24) is 9.80 Å². The van der Waals surface area contributed by atoms with Crippen molar-refractivity contribution in [2.45, 2.75) is 25.5 Å². The van der Waals surface area contributed by atoms with Crippen molar-refractivity contribution in [1.29, 1.82) is 0 Å². The van der Waals surface area contributed by atoms with Gasteiger partial charge in [0, 0.05) is 56.5 Å². The number of methoxy groups -OCH3 is 1. The molecule has 2 atom stereocenters. The van der Waals surface area contributed by atoms with Crippen molar-refractivity contribution in [2.75, 3.05) is 46.4 Å². The molecule has 0 radical (unpaired) electrons. The van der Waals surface area contributed by atoms with Crippen LogP contribution >= 0.6 is 11.6 Å². The highest BCUT2D eigenvalue weighted by atomic mass is 35.5. The van der Waals surface area contributed by atoms with E-state index in [0.29, 0.717) is 17.6 Å². The molecule has 1 aromatic carbocycles. The van der Waals surface area contributed by atoms with E-state index in [4.69, 9.17) is 16.3 Å². The van der Waals surface area contributed by atoms with E-state index < -0.39 is 6.10 Å². The molecule has 1 aromatic rings. The number of nitrogens with zero attached hydrogens (tertiary/aromatic N) is 2. The summed E-state index contributed by atoms with van der Waals surface area (Å²) in [5, 5.41) is 11.1. The number of hydrogen-bond acceptors (Lipinski definition) is 4. The van der Waals surface area contributed by atoms with Gasteiger partial charge in [0.15, 0.2) is 0 Å². The van der Waals surface area contributed by atoms with Gasteiger partial charge in [0.1, 0.15) is 0 Å². The molecule has 0 saturated carbocycles. The third-order valence-electron chi connectivity index (χ3n) is 4.44. The zero-order chi connectivity index (χ0) is 15.9. The average molecular weight is 327 g/mol. The third kappa shape index (κ3) is 4.67. The molecule has 0 aliphatic carbocycles. The first-order valence-electron chi connectivity index (χ1n) is 8.03. The molecule has 0 amide bonds. The summed E-state index contributed by atoms with van der Waals surface area (Å²) in [5.41, 5.74) is 0.819. The van der Waals surface area contributed by atoms with Crippen LogP contribution < -0.4 is 0 Å². The first kappa shape index (κ1) is 17.7. The van der Waals surface area contributed by atoms with E-state index in [9.17, 15) is 5.11 Å². The number of ether oxygens (including phenoxy) is 1. The summed E-state index contributed by atoms with van der Waals surface area (Å²) in [6.07, 6.45) is 0.583. The maximum atomic E-state index is 10.5. The molecule has 5 heteroatoms. The fourth-order valence-electron chi connectivity index (χ4n) is 3.10. The van der Waals surface area contributed by atoms with E-state index in [0.717, 1.165) is 44.8 Å². The summed E-state index contributed by atoms with van der Waals surface area (Å²) in [4.78, 5) is 4.83. The Morgan fingerprint density at radius 1 is 1.36 bits per heavy atom. The first-order chi connectivity index (χ1) is 10.7. The smallest absolute Gasteiger partial charge is 0.0931 e. The average Bonchev–Trinajstić information content (AvgIpc) is 2.53. The van der Waals surface area contributed by atoms with Gasteiger partial charge in [-0.15, -0.1) is 0 Å². The molecule has 0 unspecified atom stereocenters. The number of β-amino-alcohol motifs (C(OH)–C–C–N with tert-alkyl or cyclic N) is 1. The number of rotatable bonds is 7. The Bertz CT molecular complexity index is 458. The lowest BCUT2D eigenvalue weighted by molar-refractivity contribution is 0.0260. The summed E-state index contributed by atoms with van der Waals surface area (Å²) >= 11 is 6.17. The number of benzene rings is 1. The van der Waals surface area contributed by atoms with Crippen molar-refractivity contribution in [3.63, 3.8) is 0 Å². The predicted octanol–water partition coefficient (Wildman–Crippen LogP) is 2.42. The molecule has 0 bridgehead atoms. The van der Waals surface area contributed by atoms with Crippen LogP contribution in [-0.4, -0.2) is 67.4 Å². The second-order valence-electron chi connectivity index (χ2n) is 5.89. The number of aliphatic hydroxyl groups excluding tert-OH is 1. The molecule has 1 aliphatic heterocycles. The second kappa shape index (κ2) is 8.85. The molecule has 1 aliphatic rings. The van der Waals surface area contributed by atoms with Crippen molar-refractivity contribution in [2.24, 2.45) is 0 Å². The normalized spacial score (nSPS) is 21.9. The molecule has 1 heterocycles. The molecule has 4 nitrogen and oxygen atoms in total. The van der Waals surface area contributed by atoms with Gasteiger partial charge in [-0.25, -0.2) is 0 Å². The van der Waals surface area contributed by atoms with E-state index in [1.165, 1.54) is 0 Å². The minimum Gasteiger partial charge on any atom is -0.387 e. The van der Waals surface area contributed by atoms with E-state index >= 15 is 0 Å². The van der Waals surface area contributed by atoms with E-state index in [1.807, 2.05) is 24.3 Å². The van der Waals surface area contributed by atoms with Crippen LogP contribution in [0.15, 0.2) is 24.3 Å². The van der Waals surface area contributed by atoms with Gasteiger partial charge in [-0.2, -0.15) is 0 Å². The third-order valence-corrected chi connectivity index (χ3v) is 4.78. The summed E-state index contributed by atoms with van der Waals surface area (Å²) in [6.45, 7) is 7.60. The van der Waals surface area contributed by atoms with Crippen molar-refractivity contribution in [3.8, 4) is 0 Å². The molecule has 124 valence electrons. The maximum Gasteiger partial charge on any atom is 0.0931 e. The van der Waals surface area contributed by atoms with Crippen LogP contribution in [0.5, 0.6) is 0 Å². The predicted molar refractivity (Wildman–Crippen MR) is 90.4 cm³/mol. The largest absolute Gasteiger partial charge is 0.387 e. The molecule has 2 rings (SSSR count). The van der Waals surface area contributed by atoms with Gasteiger partial charge in [0.25, 0.3) is 0 Å². The Hall–Kier alpha value is -0.650. The zero-order valence-electron chi connectivity index (χ0n) is 13.5. The number of aliphatic hydroxyl groups is 1. The minimum absolute atomic E-state index is 0.530. The highest BCUT2D eigenvalue weighted by Gasteiger charge is 2.27. The summed E-state index contributed by atoms with van der Waals surface area (Å²) in [6, 6.07) is 8.07. The molecular formula is C17H27ClN2O2. The van der Waals surface area contributed by atoms with Crippen LogP contribution in [0.4, 0.5) is 0 Å². The van der Waals surface area contributed by atoms with Gasteiger partial charge >= 0.3 is 0 Å². The van der Waals surface area contributed by atoms with Crippen molar-refractivity contribution >= 4 is 11.6 Å². The number of piperazine rings is 1. The number of halogens is 1. The van der Waals surface area contributed by atoms with Crippen LogP contribution in [0, 0.1) is 0 Å². The van der Waals surface area contributed by atoms with Gasteiger partial charge < -0.3 is 9.84 Å². The highest BCUT2D eigenvalue weighted by Crippen LogP contribution is 2.24. The molecule has 0 spiro atoms. The molecule has 1 saturated heterocycles. The lowest BCUT2D eigenvalue weighted by atomic mass is 10.1. The Labute approximate surface area is 138 Å². The van der Waals surface area contributed by atoms with Crippen LogP contribution in [0.1, 0.15) is 25.0 Å². The number of hydrogen-bond donors (Lipinski definition) is 1. The van der Waals surface area contributed by atoms with E-state index in [1.54, 1.807) is 7.11 Å². The molecule has 22 heavy (non-hydrogen) atoms. The SMILES string of the molecule is CC[C@H]1CN(C[C@@H](O)c2ccccc2Cl)CCN1CCOC. The Kier molecular flexibility index (Phi) is 7.12. The Morgan fingerprint density at radius 3 is 2.82 bits per heavy atom. The van der Waals surface area contributed by atoms with Crippen LogP contribution in [-0.2, 0) is 4.74 Å². The fourth-order valence-corrected chi connectivity index (χ4v) is 3.36. The molecule has 1 N–H and O–H groups in total. The van der Waals surface area contributed by atoms with Gasteiger partial charge in [0.05, 0.1) is 12.7 Å². The zero-order valence-corrected chi connectivity index (χ0v) is 14.3.